The Hall–Kier alpha value is 0.186. The first-order chi connectivity index (χ1) is 17.6. The Labute approximate surface area is 243 Å². The molecule has 0 aromatic rings. The molecule has 1 aliphatic carbocycles. The number of carbonyl (C=O) groups is 1. The van der Waals surface area contributed by atoms with Crippen LogP contribution in [0.4, 0.5) is 0 Å². The van der Waals surface area contributed by atoms with Crippen molar-refractivity contribution in [2.24, 2.45) is 23.2 Å². The molecule has 1 rings (SSSR count). The minimum atomic E-state index is -2.92. The Morgan fingerprint density at radius 1 is 1.03 bits per heavy atom. The van der Waals surface area contributed by atoms with Crippen molar-refractivity contribution in [1.29, 1.82) is 0 Å². The van der Waals surface area contributed by atoms with Gasteiger partial charge in [0.1, 0.15) is 0 Å². The molecule has 0 bridgehead atoms. The van der Waals surface area contributed by atoms with Gasteiger partial charge in [-0.3, -0.25) is 0 Å². The van der Waals surface area contributed by atoms with Gasteiger partial charge in [0.25, 0.3) is 0 Å². The molecule has 0 unspecified atom stereocenters. The van der Waals surface area contributed by atoms with Crippen LogP contribution in [0.2, 0.25) is 31.4 Å². The molecular weight excluding hydrogens is 591 g/mol. The van der Waals surface area contributed by atoms with Gasteiger partial charge in [-0.15, -0.1) is 0 Å². The molecule has 38 heavy (non-hydrogen) atoms. The second kappa shape index (κ2) is 16.0. The Bertz CT molecular complexity index is 717. The fourth-order valence-corrected chi connectivity index (χ4v) is 24.1. The molecule has 0 aromatic heterocycles. The van der Waals surface area contributed by atoms with E-state index in [1.807, 2.05) is 0 Å². The third-order valence-electron chi connectivity index (χ3n) is 10.5. The van der Waals surface area contributed by atoms with E-state index in [1.165, 1.54) is 68.3 Å². The fourth-order valence-electron chi connectivity index (χ4n) is 6.59. The molecule has 1 aliphatic rings. The summed E-state index contributed by atoms with van der Waals surface area (Å²) in [6.07, 6.45) is 13.4. The van der Waals surface area contributed by atoms with Gasteiger partial charge in [0.05, 0.1) is 0 Å². The van der Waals surface area contributed by atoms with Gasteiger partial charge in [-0.05, 0) is 0 Å². The number of ether oxygens (including phenoxy) is 1. The van der Waals surface area contributed by atoms with E-state index in [1.54, 1.807) is 7.11 Å². The molecule has 1 saturated carbocycles. The van der Waals surface area contributed by atoms with Crippen molar-refractivity contribution in [3.63, 3.8) is 0 Å². The normalized spacial score (nSPS) is 23.3. The number of carbonyl (C=O) groups excluding carboxylic acids is 1. The molecule has 3 nitrogen and oxygen atoms in total. The van der Waals surface area contributed by atoms with Gasteiger partial charge < -0.3 is 0 Å². The third-order valence-corrected chi connectivity index (χ3v) is 30.6. The maximum atomic E-state index is 13.5. The van der Waals surface area contributed by atoms with E-state index in [2.05, 4.69) is 81.5 Å². The summed E-state index contributed by atoms with van der Waals surface area (Å²) in [7, 11) is -0.214. The quantitative estimate of drug-likeness (QED) is 0.0887. The molecule has 5 heteroatoms. The van der Waals surface area contributed by atoms with Crippen LogP contribution in [0.15, 0.2) is 9.67 Å². The monoisotopic (exact) mass is 658 g/mol. The summed E-state index contributed by atoms with van der Waals surface area (Å²) in [6, 6.07) is 0. The Balaban J connectivity index is 3.48. The molecule has 224 valence electrons. The zero-order valence-electron chi connectivity index (χ0n) is 27.7. The average Bonchev–Trinajstić information content (AvgIpc) is 3.19. The maximum absolute atomic E-state index is 13.5. The SMILES string of the molecule is CCC[CH2][Sn]([CH2]CCC)([CH2]CCC)/[C](=C/C[C@H]1[C@@H](C(C)C)CC[C@]1(C)CO[Si](C)(C)C(C)(C)C)C(=O)OC. The van der Waals surface area contributed by atoms with E-state index in [0.29, 0.717) is 17.8 Å². The third kappa shape index (κ3) is 9.64. The van der Waals surface area contributed by atoms with Gasteiger partial charge in [-0.2, -0.15) is 0 Å². The number of methoxy groups -OCH3 is 1. The van der Waals surface area contributed by atoms with Crippen molar-refractivity contribution in [2.45, 2.75) is 152 Å². The van der Waals surface area contributed by atoms with E-state index >= 15 is 0 Å². The Morgan fingerprint density at radius 3 is 1.92 bits per heavy atom. The Kier molecular flexibility index (Phi) is 15.2. The molecule has 0 heterocycles. The summed E-state index contributed by atoms with van der Waals surface area (Å²) >= 11 is -2.92. The van der Waals surface area contributed by atoms with Crippen LogP contribution in [0.25, 0.3) is 0 Å². The molecule has 0 aromatic carbocycles. The zero-order valence-corrected chi connectivity index (χ0v) is 31.6. The summed E-state index contributed by atoms with van der Waals surface area (Å²) in [6.45, 7) is 26.8. The molecule has 0 aliphatic heterocycles. The predicted molar refractivity (Wildman–Crippen MR) is 172 cm³/mol. The van der Waals surface area contributed by atoms with Gasteiger partial charge in [-0.25, -0.2) is 0 Å². The van der Waals surface area contributed by atoms with Crippen LogP contribution in [-0.2, 0) is 14.0 Å². The van der Waals surface area contributed by atoms with E-state index in [4.69, 9.17) is 9.16 Å². The molecule has 0 radical (unpaired) electrons. The standard InChI is InChI=1S/C21H39O3Si.3C4H9.Sn/c1-16(2)17-13-14-21(6,15-24-25(8,9)20(3,4)5)18(17)11-10-12-19(22)23-7;3*1-3-4-2;/h10,16-18H,11,13-15H2,1-9H3;3*1,3-4H2,2H3;/t17-,18+,21-;;;;/m1..../s1. The molecule has 0 N–H and O–H groups in total. The first-order valence-electron chi connectivity index (χ1n) is 16.1. The van der Waals surface area contributed by atoms with Crippen molar-refractivity contribution in [3.8, 4) is 0 Å². The van der Waals surface area contributed by atoms with Crippen molar-refractivity contribution < 1.29 is 14.0 Å². The second-order valence-corrected chi connectivity index (χ2v) is 32.6. The van der Waals surface area contributed by atoms with E-state index < -0.39 is 26.7 Å². The van der Waals surface area contributed by atoms with Crippen LogP contribution in [0.1, 0.15) is 120 Å². The molecule has 0 saturated heterocycles. The minimum absolute atomic E-state index is 0.00225. The van der Waals surface area contributed by atoms with Gasteiger partial charge in [0.15, 0.2) is 0 Å². The van der Waals surface area contributed by atoms with Crippen LogP contribution in [0.3, 0.4) is 0 Å². The van der Waals surface area contributed by atoms with Crippen LogP contribution in [-0.4, -0.2) is 46.4 Å². The van der Waals surface area contributed by atoms with Crippen molar-refractivity contribution in [2.75, 3.05) is 13.7 Å². The molecule has 0 amide bonds. The van der Waals surface area contributed by atoms with E-state index in [0.717, 1.165) is 13.0 Å². The predicted octanol–water partition coefficient (Wildman–Crippen LogP) is 10.6. The summed E-state index contributed by atoms with van der Waals surface area (Å²) in [5.41, 5.74) is 0.163. The van der Waals surface area contributed by atoms with Gasteiger partial charge in [-0.1, -0.05) is 0 Å². The number of allylic oxidation sites excluding steroid dienone is 1. The summed E-state index contributed by atoms with van der Waals surface area (Å²) in [5.74, 6) is 1.89. The van der Waals surface area contributed by atoms with Crippen molar-refractivity contribution in [1.82, 2.24) is 0 Å². The molecule has 0 spiro atoms. The number of hydrogen-bond acceptors (Lipinski definition) is 3. The van der Waals surface area contributed by atoms with E-state index in [-0.39, 0.29) is 16.4 Å². The zero-order chi connectivity index (χ0) is 29.2. The number of unbranched alkanes of at least 4 members (excludes halogenated alkanes) is 3. The molecule has 3 atom stereocenters. The fraction of sp³-hybridized carbons (Fsp3) is 0.909. The van der Waals surface area contributed by atoms with Gasteiger partial charge >= 0.3 is 245 Å². The average molecular weight is 658 g/mol. The van der Waals surface area contributed by atoms with Crippen LogP contribution < -0.4 is 0 Å². The van der Waals surface area contributed by atoms with Crippen LogP contribution in [0, 0.1) is 23.2 Å². The molecule has 1 fully saturated rings. The second-order valence-electron chi connectivity index (χ2n) is 14.7. The summed E-state index contributed by atoms with van der Waals surface area (Å²) < 4.78 is 17.5. The van der Waals surface area contributed by atoms with Gasteiger partial charge in [0.2, 0.25) is 0 Å². The number of esters is 1. The summed E-state index contributed by atoms with van der Waals surface area (Å²) in [4.78, 5) is 13.5. The van der Waals surface area contributed by atoms with Crippen molar-refractivity contribution in [3.05, 3.63) is 9.67 Å². The Morgan fingerprint density at radius 2 is 1.53 bits per heavy atom. The topological polar surface area (TPSA) is 35.5 Å². The summed E-state index contributed by atoms with van der Waals surface area (Å²) in [5, 5.41) is 0.221. The number of hydrogen-bond donors (Lipinski definition) is 0. The number of rotatable bonds is 17. The van der Waals surface area contributed by atoms with Crippen molar-refractivity contribution >= 4 is 32.7 Å². The van der Waals surface area contributed by atoms with E-state index in [9.17, 15) is 4.79 Å². The van der Waals surface area contributed by atoms with Gasteiger partial charge in [0, 0.05) is 0 Å². The van der Waals surface area contributed by atoms with Crippen LogP contribution in [0.5, 0.6) is 0 Å². The first kappa shape index (κ1) is 36.2. The van der Waals surface area contributed by atoms with Crippen LogP contribution >= 0.6 is 0 Å². The first-order valence-corrected chi connectivity index (χ1v) is 26.5. The molecular formula is C33H66O3SiSn.